The van der Waals surface area contributed by atoms with Crippen LogP contribution in [-0.2, 0) is 6.61 Å². The summed E-state index contributed by atoms with van der Waals surface area (Å²) in [6, 6.07) is 11.0. The van der Waals surface area contributed by atoms with E-state index in [0.717, 1.165) is 10.0 Å². The number of nitrogens with two attached hydrogens (primary N) is 1. The molecule has 0 spiro atoms. The van der Waals surface area contributed by atoms with Crippen molar-refractivity contribution in [2.75, 3.05) is 7.11 Å². The average molecular weight is 387 g/mol. The van der Waals surface area contributed by atoms with E-state index in [4.69, 9.17) is 39.0 Å². The Morgan fingerprint density at radius 1 is 1.24 bits per heavy atom. The number of benzene rings is 2. The summed E-state index contributed by atoms with van der Waals surface area (Å²) in [5.74, 6) is 1.24. The zero-order valence-electron chi connectivity index (χ0n) is 11.2. The van der Waals surface area contributed by atoms with Crippen LogP contribution in [0.15, 0.2) is 40.9 Å². The summed E-state index contributed by atoms with van der Waals surface area (Å²) < 4.78 is 11.9. The summed E-state index contributed by atoms with van der Waals surface area (Å²) in [6.07, 6.45) is 0. The molecule has 3 nitrogen and oxygen atoms in total. The Bertz CT molecular complexity index is 679. The van der Waals surface area contributed by atoms with Crippen LogP contribution in [0.5, 0.6) is 11.5 Å². The number of halogens is 2. The van der Waals surface area contributed by atoms with Gasteiger partial charge in [0.1, 0.15) is 23.1 Å². The Kier molecular flexibility index (Phi) is 5.45. The Morgan fingerprint density at radius 3 is 2.67 bits per heavy atom. The zero-order valence-corrected chi connectivity index (χ0v) is 14.4. The number of methoxy groups -OCH3 is 1. The first-order valence-electron chi connectivity index (χ1n) is 6.06. The monoisotopic (exact) mass is 385 g/mol. The van der Waals surface area contributed by atoms with Crippen molar-refractivity contribution in [1.82, 2.24) is 0 Å². The molecule has 0 aliphatic heterocycles. The molecule has 0 radical (unpaired) electrons. The third kappa shape index (κ3) is 4.09. The van der Waals surface area contributed by atoms with E-state index in [1.807, 2.05) is 30.3 Å². The van der Waals surface area contributed by atoms with Crippen LogP contribution in [0.25, 0.3) is 0 Å². The highest BCUT2D eigenvalue weighted by Crippen LogP contribution is 2.29. The van der Waals surface area contributed by atoms with E-state index in [9.17, 15) is 0 Å². The first kappa shape index (κ1) is 16.1. The summed E-state index contributed by atoms with van der Waals surface area (Å²) in [5.41, 5.74) is 7.28. The minimum atomic E-state index is 0.300. The molecule has 21 heavy (non-hydrogen) atoms. The molecule has 2 aromatic rings. The minimum Gasteiger partial charge on any atom is -0.496 e. The quantitative estimate of drug-likeness (QED) is 0.777. The SMILES string of the molecule is COc1cc(COc2cc(Br)ccc2Cl)ccc1C(N)=S. The molecule has 2 N–H and O–H groups in total. The van der Waals surface area contributed by atoms with Crippen LogP contribution in [0.3, 0.4) is 0 Å². The van der Waals surface area contributed by atoms with Gasteiger partial charge in [0.25, 0.3) is 0 Å². The highest BCUT2D eigenvalue weighted by Gasteiger charge is 2.08. The van der Waals surface area contributed by atoms with Crippen LogP contribution in [-0.4, -0.2) is 12.1 Å². The van der Waals surface area contributed by atoms with Crippen molar-refractivity contribution in [2.45, 2.75) is 6.61 Å². The van der Waals surface area contributed by atoms with E-state index in [1.54, 1.807) is 13.2 Å². The normalized spacial score (nSPS) is 10.2. The summed E-state index contributed by atoms with van der Waals surface area (Å²) in [4.78, 5) is 0.300. The minimum absolute atomic E-state index is 0.300. The van der Waals surface area contributed by atoms with Crippen LogP contribution in [0.2, 0.25) is 5.02 Å². The lowest BCUT2D eigenvalue weighted by molar-refractivity contribution is 0.305. The van der Waals surface area contributed by atoms with Gasteiger partial charge in [-0.25, -0.2) is 0 Å². The first-order valence-corrected chi connectivity index (χ1v) is 7.63. The van der Waals surface area contributed by atoms with Gasteiger partial charge in [0.15, 0.2) is 0 Å². The Labute approximate surface area is 142 Å². The van der Waals surface area contributed by atoms with E-state index in [0.29, 0.717) is 33.7 Å². The zero-order chi connectivity index (χ0) is 15.4. The Balaban J connectivity index is 2.17. The molecule has 0 heterocycles. The highest BCUT2D eigenvalue weighted by molar-refractivity contribution is 9.10. The molecule has 0 saturated carbocycles. The average Bonchev–Trinajstić information content (AvgIpc) is 2.47. The predicted molar refractivity (Wildman–Crippen MR) is 92.4 cm³/mol. The topological polar surface area (TPSA) is 44.5 Å². The van der Waals surface area contributed by atoms with Crippen molar-refractivity contribution < 1.29 is 9.47 Å². The van der Waals surface area contributed by atoms with Gasteiger partial charge < -0.3 is 15.2 Å². The van der Waals surface area contributed by atoms with E-state index in [-0.39, 0.29) is 0 Å². The van der Waals surface area contributed by atoms with Crippen molar-refractivity contribution in [3.8, 4) is 11.5 Å². The second-order valence-electron chi connectivity index (χ2n) is 4.26. The number of ether oxygens (including phenoxy) is 2. The summed E-state index contributed by atoms with van der Waals surface area (Å²) in [6.45, 7) is 0.365. The van der Waals surface area contributed by atoms with Crippen LogP contribution in [0.1, 0.15) is 11.1 Å². The molecule has 2 aromatic carbocycles. The molecule has 0 aliphatic rings. The fraction of sp³-hybridized carbons (Fsp3) is 0.133. The molecule has 0 aliphatic carbocycles. The van der Waals surface area contributed by atoms with Gasteiger partial charge in [0.2, 0.25) is 0 Å². The summed E-state index contributed by atoms with van der Waals surface area (Å²) >= 11 is 14.4. The standard InChI is InChI=1S/C15H13BrClNO2S/c1-19-13-6-9(2-4-11(13)15(18)21)8-20-14-7-10(16)3-5-12(14)17/h2-7H,8H2,1H3,(H2,18,21). The van der Waals surface area contributed by atoms with Gasteiger partial charge in [-0.15, -0.1) is 0 Å². The van der Waals surface area contributed by atoms with Gasteiger partial charge in [0, 0.05) is 4.47 Å². The van der Waals surface area contributed by atoms with E-state index in [1.165, 1.54) is 0 Å². The maximum atomic E-state index is 6.08. The van der Waals surface area contributed by atoms with Crippen LogP contribution < -0.4 is 15.2 Å². The second kappa shape index (κ2) is 7.11. The lowest BCUT2D eigenvalue weighted by Gasteiger charge is -2.11. The van der Waals surface area contributed by atoms with E-state index >= 15 is 0 Å². The molecule has 0 atom stereocenters. The van der Waals surface area contributed by atoms with Gasteiger partial charge in [-0.1, -0.05) is 45.8 Å². The maximum absolute atomic E-state index is 6.08. The largest absolute Gasteiger partial charge is 0.496 e. The molecule has 0 aromatic heterocycles. The van der Waals surface area contributed by atoms with Crippen molar-refractivity contribution in [3.63, 3.8) is 0 Å². The molecule has 0 amide bonds. The highest BCUT2D eigenvalue weighted by atomic mass is 79.9. The molecule has 0 bridgehead atoms. The second-order valence-corrected chi connectivity index (χ2v) is 6.03. The first-order chi connectivity index (χ1) is 10.0. The lowest BCUT2D eigenvalue weighted by atomic mass is 10.1. The Morgan fingerprint density at radius 2 is 2.00 bits per heavy atom. The van der Waals surface area contributed by atoms with Gasteiger partial charge in [-0.05, 0) is 35.9 Å². The molecule has 6 heteroatoms. The van der Waals surface area contributed by atoms with Gasteiger partial charge in [0.05, 0.1) is 17.7 Å². The van der Waals surface area contributed by atoms with Gasteiger partial charge in [-0.3, -0.25) is 0 Å². The number of hydrogen-bond acceptors (Lipinski definition) is 3. The fourth-order valence-corrected chi connectivity index (χ4v) is 2.46. The molecule has 110 valence electrons. The molecule has 0 fully saturated rings. The third-order valence-electron chi connectivity index (χ3n) is 2.82. The lowest BCUT2D eigenvalue weighted by Crippen LogP contribution is -2.11. The fourth-order valence-electron chi connectivity index (χ4n) is 1.78. The van der Waals surface area contributed by atoms with Crippen LogP contribution >= 0.6 is 39.7 Å². The van der Waals surface area contributed by atoms with Crippen molar-refractivity contribution in [2.24, 2.45) is 5.73 Å². The molecular weight excluding hydrogens is 374 g/mol. The van der Waals surface area contributed by atoms with Crippen molar-refractivity contribution >= 4 is 44.7 Å². The number of hydrogen-bond donors (Lipinski definition) is 1. The van der Waals surface area contributed by atoms with Crippen LogP contribution in [0, 0.1) is 0 Å². The molecule has 0 saturated heterocycles. The molecule has 2 rings (SSSR count). The van der Waals surface area contributed by atoms with Gasteiger partial charge in [-0.2, -0.15) is 0 Å². The molecule has 0 unspecified atom stereocenters. The van der Waals surface area contributed by atoms with Crippen LogP contribution in [0.4, 0.5) is 0 Å². The van der Waals surface area contributed by atoms with E-state index in [2.05, 4.69) is 15.9 Å². The Hall–Kier alpha value is -1.30. The number of thiocarbonyl (C=S) groups is 1. The number of rotatable bonds is 5. The van der Waals surface area contributed by atoms with Gasteiger partial charge >= 0.3 is 0 Å². The summed E-state index contributed by atoms with van der Waals surface area (Å²) in [5, 5.41) is 0.560. The maximum Gasteiger partial charge on any atom is 0.139 e. The predicted octanol–water partition coefficient (Wildman–Crippen LogP) is 4.32. The van der Waals surface area contributed by atoms with E-state index < -0.39 is 0 Å². The summed E-state index contributed by atoms with van der Waals surface area (Å²) in [7, 11) is 1.58. The molecular formula is C15H13BrClNO2S. The smallest absolute Gasteiger partial charge is 0.139 e. The van der Waals surface area contributed by atoms with Crippen molar-refractivity contribution in [3.05, 3.63) is 57.0 Å². The van der Waals surface area contributed by atoms with Crippen molar-refractivity contribution in [1.29, 1.82) is 0 Å². The third-order valence-corrected chi connectivity index (χ3v) is 3.84.